The minimum absolute atomic E-state index is 0.0719. The van der Waals surface area contributed by atoms with Crippen LogP contribution in [0, 0.1) is 0 Å². The van der Waals surface area contributed by atoms with Crippen molar-refractivity contribution in [2.45, 2.75) is 13.0 Å². The molecule has 2 rings (SSSR count). The summed E-state index contributed by atoms with van der Waals surface area (Å²) < 4.78 is 6.45. The van der Waals surface area contributed by atoms with E-state index >= 15 is 0 Å². The number of aromatic nitrogens is 2. The minimum atomic E-state index is -0.422. The lowest BCUT2D eigenvalue weighted by molar-refractivity contribution is 0.0587. The molecule has 0 bridgehead atoms. The molecule has 0 aliphatic carbocycles. The van der Waals surface area contributed by atoms with E-state index in [1.54, 1.807) is 23.0 Å². The van der Waals surface area contributed by atoms with Gasteiger partial charge < -0.3 is 9.30 Å². The second-order valence-electron chi connectivity index (χ2n) is 4.14. The van der Waals surface area contributed by atoms with Crippen molar-refractivity contribution in [1.82, 2.24) is 9.55 Å². The fraction of sp³-hybridized carbons (Fsp3) is 0.214. The van der Waals surface area contributed by atoms with E-state index in [0.717, 1.165) is 11.8 Å². The van der Waals surface area contributed by atoms with Crippen molar-refractivity contribution in [2.24, 2.45) is 0 Å². The summed E-state index contributed by atoms with van der Waals surface area (Å²) >= 11 is 0. The van der Waals surface area contributed by atoms with E-state index < -0.39 is 5.97 Å². The third-order valence-electron chi connectivity index (χ3n) is 3.03. The molecule has 0 N–H and O–H groups in total. The van der Waals surface area contributed by atoms with E-state index in [9.17, 15) is 9.59 Å². The molecule has 0 radical (unpaired) electrons. The maximum absolute atomic E-state index is 11.6. The molecular formula is C14H14N2O3. The number of imidazole rings is 1. The van der Waals surface area contributed by atoms with E-state index in [4.69, 9.17) is 4.74 Å². The van der Waals surface area contributed by atoms with Crippen molar-refractivity contribution in [1.29, 1.82) is 0 Å². The number of methoxy groups -OCH3 is 1. The number of carbonyl (C=O) groups is 2. The second-order valence-corrected chi connectivity index (χ2v) is 4.14. The molecule has 2 aromatic rings. The van der Waals surface area contributed by atoms with E-state index in [2.05, 4.69) is 4.98 Å². The summed E-state index contributed by atoms with van der Waals surface area (Å²) in [6.45, 7) is 1.95. The van der Waals surface area contributed by atoms with E-state index in [1.165, 1.54) is 13.3 Å². The Morgan fingerprint density at radius 2 is 2.05 bits per heavy atom. The summed E-state index contributed by atoms with van der Waals surface area (Å²) in [4.78, 5) is 26.2. The molecule has 0 aliphatic heterocycles. The Labute approximate surface area is 110 Å². The van der Waals surface area contributed by atoms with Gasteiger partial charge in [-0.25, -0.2) is 9.78 Å². The Morgan fingerprint density at radius 3 is 2.63 bits per heavy atom. The number of esters is 1. The second kappa shape index (κ2) is 5.48. The number of ether oxygens (including phenoxy) is 1. The molecule has 0 amide bonds. The quantitative estimate of drug-likeness (QED) is 0.622. The zero-order valence-corrected chi connectivity index (χ0v) is 10.7. The van der Waals surface area contributed by atoms with Crippen molar-refractivity contribution in [3.8, 4) is 0 Å². The van der Waals surface area contributed by atoms with E-state index in [1.807, 2.05) is 19.1 Å². The summed E-state index contributed by atoms with van der Waals surface area (Å²) in [5, 5.41) is 0. The van der Waals surface area contributed by atoms with Crippen LogP contribution in [0.5, 0.6) is 0 Å². The number of aldehydes is 1. The molecule has 0 aliphatic rings. The molecule has 0 unspecified atom stereocenters. The lowest BCUT2D eigenvalue weighted by Gasteiger charge is -2.16. The predicted molar refractivity (Wildman–Crippen MR) is 69.2 cm³/mol. The van der Waals surface area contributed by atoms with Crippen LogP contribution in [0.3, 0.4) is 0 Å². The van der Waals surface area contributed by atoms with Gasteiger partial charge in [0.2, 0.25) is 0 Å². The summed E-state index contributed by atoms with van der Waals surface area (Å²) in [5.41, 5.74) is 2.00. The van der Waals surface area contributed by atoms with Crippen molar-refractivity contribution in [2.75, 3.05) is 7.11 Å². The van der Waals surface area contributed by atoms with Crippen LogP contribution in [0.25, 0.3) is 0 Å². The number of carbonyl (C=O) groups excluding carboxylic acids is 2. The van der Waals surface area contributed by atoms with Crippen molar-refractivity contribution in [3.05, 3.63) is 53.6 Å². The van der Waals surface area contributed by atoms with E-state index in [-0.39, 0.29) is 6.04 Å². The van der Waals surface area contributed by atoms with Crippen LogP contribution >= 0.6 is 0 Å². The number of benzene rings is 1. The lowest BCUT2D eigenvalue weighted by Crippen LogP contribution is -2.14. The molecule has 0 saturated carbocycles. The zero-order chi connectivity index (χ0) is 13.8. The summed E-state index contributed by atoms with van der Waals surface area (Å²) in [6.07, 6.45) is 3.86. The van der Waals surface area contributed by atoms with Gasteiger partial charge in [-0.15, -0.1) is 0 Å². The fourth-order valence-electron chi connectivity index (χ4n) is 1.89. The van der Waals surface area contributed by atoms with Gasteiger partial charge in [0.25, 0.3) is 0 Å². The molecular weight excluding hydrogens is 244 g/mol. The number of rotatable bonds is 4. The highest BCUT2D eigenvalue weighted by molar-refractivity contribution is 5.87. The van der Waals surface area contributed by atoms with Crippen LogP contribution in [0.4, 0.5) is 0 Å². The first kappa shape index (κ1) is 13.0. The molecule has 1 heterocycles. The molecule has 5 nitrogen and oxygen atoms in total. The third kappa shape index (κ3) is 2.54. The standard InChI is InChI=1S/C14H14N2O3/c1-10(12-5-3-11(8-17)4-6-12)16-9-15-7-13(16)14(18)19-2/h3-10H,1-2H3/t10-/m1/s1. The van der Waals surface area contributed by atoms with Crippen LogP contribution in [0.1, 0.15) is 39.4 Å². The van der Waals surface area contributed by atoms with Crippen LogP contribution in [0.2, 0.25) is 0 Å². The highest BCUT2D eigenvalue weighted by atomic mass is 16.5. The summed E-state index contributed by atoms with van der Waals surface area (Å²) in [7, 11) is 1.34. The summed E-state index contributed by atoms with van der Waals surface area (Å²) in [6, 6.07) is 7.13. The largest absolute Gasteiger partial charge is 0.464 e. The summed E-state index contributed by atoms with van der Waals surface area (Å²) in [5.74, 6) is -0.422. The van der Waals surface area contributed by atoms with Crippen molar-refractivity contribution >= 4 is 12.3 Å². The number of nitrogens with zero attached hydrogens (tertiary/aromatic N) is 2. The van der Waals surface area contributed by atoms with Gasteiger partial charge in [0.05, 0.1) is 25.7 Å². The SMILES string of the molecule is COC(=O)c1cncn1[C@H](C)c1ccc(C=O)cc1. The van der Waals surface area contributed by atoms with Gasteiger partial charge in [0.1, 0.15) is 12.0 Å². The Balaban J connectivity index is 2.33. The average Bonchev–Trinajstić information content (AvgIpc) is 2.95. The monoisotopic (exact) mass is 258 g/mol. The average molecular weight is 258 g/mol. The maximum atomic E-state index is 11.6. The lowest BCUT2D eigenvalue weighted by atomic mass is 10.1. The smallest absolute Gasteiger partial charge is 0.356 e. The Hall–Kier alpha value is -2.43. The third-order valence-corrected chi connectivity index (χ3v) is 3.03. The van der Waals surface area contributed by atoms with Gasteiger partial charge in [0, 0.05) is 5.56 Å². The van der Waals surface area contributed by atoms with Crippen molar-refractivity contribution in [3.63, 3.8) is 0 Å². The van der Waals surface area contributed by atoms with Gasteiger partial charge in [0.15, 0.2) is 0 Å². The van der Waals surface area contributed by atoms with Crippen LogP contribution < -0.4 is 0 Å². The van der Waals surface area contributed by atoms with Gasteiger partial charge in [-0.1, -0.05) is 24.3 Å². The Kier molecular flexibility index (Phi) is 3.75. The molecule has 0 saturated heterocycles. The first-order chi connectivity index (χ1) is 9.17. The molecule has 98 valence electrons. The van der Waals surface area contributed by atoms with Crippen LogP contribution in [-0.4, -0.2) is 28.9 Å². The molecule has 0 spiro atoms. The maximum Gasteiger partial charge on any atom is 0.356 e. The predicted octanol–water partition coefficient (Wildman–Crippen LogP) is 2.09. The molecule has 1 atom stereocenters. The van der Waals surface area contributed by atoms with Gasteiger partial charge in [-0.3, -0.25) is 4.79 Å². The molecule has 5 heteroatoms. The fourth-order valence-corrected chi connectivity index (χ4v) is 1.89. The molecule has 19 heavy (non-hydrogen) atoms. The number of hydrogen-bond acceptors (Lipinski definition) is 4. The van der Waals surface area contributed by atoms with Crippen LogP contribution in [-0.2, 0) is 4.74 Å². The Morgan fingerprint density at radius 1 is 1.37 bits per heavy atom. The van der Waals surface area contributed by atoms with Crippen LogP contribution in [0.15, 0.2) is 36.8 Å². The first-order valence-corrected chi connectivity index (χ1v) is 5.82. The van der Waals surface area contributed by atoms with Gasteiger partial charge >= 0.3 is 5.97 Å². The van der Waals surface area contributed by atoms with Gasteiger partial charge in [-0.2, -0.15) is 0 Å². The zero-order valence-electron chi connectivity index (χ0n) is 10.7. The topological polar surface area (TPSA) is 61.2 Å². The molecule has 1 aromatic carbocycles. The highest BCUT2D eigenvalue weighted by Gasteiger charge is 2.17. The highest BCUT2D eigenvalue weighted by Crippen LogP contribution is 2.20. The van der Waals surface area contributed by atoms with Gasteiger partial charge in [-0.05, 0) is 12.5 Å². The van der Waals surface area contributed by atoms with E-state index in [0.29, 0.717) is 11.3 Å². The normalized spacial score (nSPS) is 11.9. The minimum Gasteiger partial charge on any atom is -0.464 e. The Bertz CT molecular complexity index is 587. The molecule has 1 aromatic heterocycles. The molecule has 0 fully saturated rings. The first-order valence-electron chi connectivity index (χ1n) is 5.82. The number of hydrogen-bond donors (Lipinski definition) is 0. The van der Waals surface area contributed by atoms with Crippen molar-refractivity contribution < 1.29 is 14.3 Å².